The molecule has 0 bridgehead atoms. The third kappa shape index (κ3) is 4.10. The SMILES string of the molecule is CO[C@@H]1C[C@H]2CN(C(=O)c3ccccc3C(F)(F)F)C[C@H]2C[C@H]1NC(C)=O. The van der Waals surface area contributed by atoms with Gasteiger partial charge in [-0.1, -0.05) is 12.1 Å². The molecule has 0 spiro atoms. The lowest BCUT2D eigenvalue weighted by atomic mass is 9.77. The molecule has 148 valence electrons. The van der Waals surface area contributed by atoms with Gasteiger partial charge in [-0.15, -0.1) is 0 Å². The molecule has 1 aliphatic heterocycles. The largest absolute Gasteiger partial charge is 0.417 e. The molecule has 1 saturated carbocycles. The number of amides is 2. The molecular weight excluding hydrogens is 361 g/mol. The highest BCUT2D eigenvalue weighted by molar-refractivity contribution is 5.96. The summed E-state index contributed by atoms with van der Waals surface area (Å²) in [6.07, 6.45) is -3.42. The normalized spacial score (nSPS) is 28.0. The summed E-state index contributed by atoms with van der Waals surface area (Å²) in [4.78, 5) is 25.7. The number of ether oxygens (including phenoxy) is 1. The van der Waals surface area contributed by atoms with Crippen molar-refractivity contribution in [1.82, 2.24) is 10.2 Å². The predicted molar refractivity (Wildman–Crippen MR) is 92.0 cm³/mol. The van der Waals surface area contributed by atoms with E-state index in [1.807, 2.05) is 0 Å². The van der Waals surface area contributed by atoms with Gasteiger partial charge in [0.1, 0.15) is 0 Å². The monoisotopic (exact) mass is 384 g/mol. The number of halogens is 3. The van der Waals surface area contributed by atoms with Crippen LogP contribution < -0.4 is 5.32 Å². The number of carbonyl (C=O) groups is 2. The van der Waals surface area contributed by atoms with Crippen LogP contribution in [0.15, 0.2) is 24.3 Å². The number of likely N-dealkylation sites (tertiary alicyclic amines) is 1. The Balaban J connectivity index is 1.77. The zero-order valence-corrected chi connectivity index (χ0v) is 15.3. The fourth-order valence-corrected chi connectivity index (χ4v) is 4.34. The van der Waals surface area contributed by atoms with Gasteiger partial charge in [-0.3, -0.25) is 9.59 Å². The van der Waals surface area contributed by atoms with E-state index in [9.17, 15) is 22.8 Å². The Morgan fingerprint density at radius 3 is 2.37 bits per heavy atom. The fourth-order valence-electron chi connectivity index (χ4n) is 4.34. The van der Waals surface area contributed by atoms with Crippen LogP contribution in [0.3, 0.4) is 0 Å². The van der Waals surface area contributed by atoms with Gasteiger partial charge in [-0.25, -0.2) is 0 Å². The maximum atomic E-state index is 13.2. The van der Waals surface area contributed by atoms with Gasteiger partial charge < -0.3 is 15.0 Å². The maximum absolute atomic E-state index is 13.2. The quantitative estimate of drug-likeness (QED) is 0.872. The highest BCUT2D eigenvalue weighted by Gasteiger charge is 2.45. The Bertz CT molecular complexity index is 722. The summed E-state index contributed by atoms with van der Waals surface area (Å²) in [6, 6.07) is 4.74. The summed E-state index contributed by atoms with van der Waals surface area (Å²) >= 11 is 0. The molecular formula is C19H23F3N2O3. The van der Waals surface area contributed by atoms with Gasteiger partial charge in [0, 0.05) is 27.1 Å². The maximum Gasteiger partial charge on any atom is 0.417 e. The lowest BCUT2D eigenvalue weighted by molar-refractivity contribution is -0.138. The zero-order valence-electron chi connectivity index (χ0n) is 15.3. The van der Waals surface area contributed by atoms with Crippen LogP contribution in [0.2, 0.25) is 0 Å². The summed E-state index contributed by atoms with van der Waals surface area (Å²) in [5.74, 6) is -0.454. The second-order valence-corrected chi connectivity index (χ2v) is 7.33. The Morgan fingerprint density at radius 2 is 1.78 bits per heavy atom. The summed E-state index contributed by atoms with van der Waals surface area (Å²) in [5.41, 5.74) is -1.22. The van der Waals surface area contributed by atoms with E-state index in [4.69, 9.17) is 4.74 Å². The summed E-state index contributed by atoms with van der Waals surface area (Å²) < 4.78 is 45.2. The van der Waals surface area contributed by atoms with Crippen molar-refractivity contribution in [2.24, 2.45) is 11.8 Å². The van der Waals surface area contributed by atoms with Gasteiger partial charge in [-0.2, -0.15) is 13.2 Å². The molecule has 1 aliphatic carbocycles. The number of nitrogens with zero attached hydrogens (tertiary/aromatic N) is 1. The molecule has 2 aliphatic rings. The van der Waals surface area contributed by atoms with Crippen LogP contribution in [0, 0.1) is 11.8 Å². The van der Waals surface area contributed by atoms with E-state index in [2.05, 4.69) is 5.32 Å². The molecule has 0 unspecified atom stereocenters. The molecule has 0 aromatic heterocycles. The van der Waals surface area contributed by atoms with Gasteiger partial charge in [0.15, 0.2) is 0 Å². The smallest absolute Gasteiger partial charge is 0.379 e. The van der Waals surface area contributed by atoms with E-state index < -0.39 is 17.6 Å². The van der Waals surface area contributed by atoms with E-state index >= 15 is 0 Å². The van der Waals surface area contributed by atoms with Crippen LogP contribution in [-0.4, -0.2) is 49.1 Å². The molecule has 1 saturated heterocycles. The van der Waals surface area contributed by atoms with E-state index in [1.54, 1.807) is 7.11 Å². The molecule has 1 N–H and O–H groups in total. The molecule has 8 heteroatoms. The van der Waals surface area contributed by atoms with E-state index in [-0.39, 0.29) is 35.5 Å². The molecule has 1 heterocycles. The Labute approximate surface area is 155 Å². The molecule has 2 amide bonds. The number of fused-ring (bicyclic) bond motifs is 1. The van der Waals surface area contributed by atoms with E-state index in [0.717, 1.165) is 6.07 Å². The van der Waals surface area contributed by atoms with Crippen LogP contribution in [-0.2, 0) is 15.7 Å². The number of alkyl halides is 3. The second kappa shape index (κ2) is 7.50. The third-order valence-corrected chi connectivity index (χ3v) is 5.56. The highest BCUT2D eigenvalue weighted by atomic mass is 19.4. The van der Waals surface area contributed by atoms with Crippen molar-refractivity contribution in [3.05, 3.63) is 35.4 Å². The lowest BCUT2D eigenvalue weighted by Crippen LogP contribution is -2.49. The predicted octanol–water partition coefficient (Wildman–Crippen LogP) is 2.71. The minimum atomic E-state index is -4.57. The van der Waals surface area contributed by atoms with Gasteiger partial charge >= 0.3 is 6.18 Å². The van der Waals surface area contributed by atoms with E-state index in [1.165, 1.54) is 30.0 Å². The second-order valence-electron chi connectivity index (χ2n) is 7.33. The lowest BCUT2D eigenvalue weighted by Gasteiger charge is -2.37. The van der Waals surface area contributed by atoms with Crippen molar-refractivity contribution >= 4 is 11.8 Å². The molecule has 1 aromatic rings. The number of hydrogen-bond donors (Lipinski definition) is 1. The van der Waals surface area contributed by atoms with Crippen LogP contribution in [0.1, 0.15) is 35.7 Å². The molecule has 3 rings (SSSR count). The van der Waals surface area contributed by atoms with Crippen molar-refractivity contribution in [3.63, 3.8) is 0 Å². The standard InChI is InChI=1S/C19H23F3N2O3/c1-11(25)23-16-7-12-9-24(10-13(12)8-17(16)27-2)18(26)14-5-3-4-6-15(14)19(20,21)22/h3-6,12-13,16-17H,7-10H2,1-2H3,(H,23,25)/t12-,13+,16-,17-/m1/s1. The number of methoxy groups -OCH3 is 1. The van der Waals surface area contributed by atoms with Crippen molar-refractivity contribution in [2.45, 2.75) is 38.1 Å². The van der Waals surface area contributed by atoms with Crippen LogP contribution in [0.4, 0.5) is 13.2 Å². The third-order valence-electron chi connectivity index (χ3n) is 5.56. The summed E-state index contributed by atoms with van der Waals surface area (Å²) in [6.45, 7) is 2.24. The highest BCUT2D eigenvalue weighted by Crippen LogP contribution is 2.39. The Hall–Kier alpha value is -2.09. The molecule has 5 nitrogen and oxygen atoms in total. The van der Waals surface area contributed by atoms with Gasteiger partial charge in [0.25, 0.3) is 5.91 Å². The molecule has 4 atom stereocenters. The first-order valence-corrected chi connectivity index (χ1v) is 8.96. The summed E-state index contributed by atoms with van der Waals surface area (Å²) in [5, 5.41) is 2.88. The first-order chi connectivity index (χ1) is 12.7. The number of hydrogen-bond acceptors (Lipinski definition) is 3. The summed E-state index contributed by atoms with van der Waals surface area (Å²) in [7, 11) is 1.58. The molecule has 0 radical (unpaired) electrons. The number of carbonyl (C=O) groups excluding carboxylic acids is 2. The Morgan fingerprint density at radius 1 is 1.15 bits per heavy atom. The minimum Gasteiger partial charge on any atom is -0.379 e. The first kappa shape index (κ1) is 19.7. The van der Waals surface area contributed by atoms with E-state index in [0.29, 0.717) is 25.9 Å². The molecule has 2 fully saturated rings. The average molecular weight is 384 g/mol. The Kier molecular flexibility index (Phi) is 5.46. The van der Waals surface area contributed by atoms with Crippen molar-refractivity contribution in [3.8, 4) is 0 Å². The van der Waals surface area contributed by atoms with Crippen LogP contribution in [0.25, 0.3) is 0 Å². The van der Waals surface area contributed by atoms with Crippen molar-refractivity contribution in [2.75, 3.05) is 20.2 Å². The van der Waals surface area contributed by atoms with Gasteiger partial charge in [-0.05, 0) is 36.8 Å². The topological polar surface area (TPSA) is 58.6 Å². The van der Waals surface area contributed by atoms with Gasteiger partial charge in [0.2, 0.25) is 5.91 Å². The van der Waals surface area contributed by atoms with Crippen LogP contribution in [0.5, 0.6) is 0 Å². The first-order valence-electron chi connectivity index (χ1n) is 8.96. The molecule has 1 aromatic carbocycles. The van der Waals surface area contributed by atoms with Crippen molar-refractivity contribution < 1.29 is 27.5 Å². The van der Waals surface area contributed by atoms with Gasteiger partial charge in [0.05, 0.1) is 23.3 Å². The number of rotatable bonds is 3. The minimum absolute atomic E-state index is 0.134. The zero-order chi connectivity index (χ0) is 19.8. The molecule has 27 heavy (non-hydrogen) atoms. The number of nitrogens with one attached hydrogen (secondary N) is 1. The average Bonchev–Trinajstić information content (AvgIpc) is 3.02. The van der Waals surface area contributed by atoms with Crippen LogP contribution >= 0.6 is 0 Å². The number of benzene rings is 1. The van der Waals surface area contributed by atoms with Crippen molar-refractivity contribution in [1.29, 1.82) is 0 Å². The fraction of sp³-hybridized carbons (Fsp3) is 0.579.